The zero-order chi connectivity index (χ0) is 22.1. The van der Waals surface area contributed by atoms with Gasteiger partial charge in [-0.05, 0) is 32.1 Å². The number of rotatable bonds is 19. The molecule has 0 radical (unpaired) electrons. The molecule has 0 saturated carbocycles. The second kappa shape index (κ2) is 16.5. The maximum absolute atomic E-state index is 11.8. The predicted octanol–water partition coefficient (Wildman–Crippen LogP) is 2.70. The number of hydrogen-bond donors (Lipinski definition) is 5. The number of carboxylic acids is 1. The van der Waals surface area contributed by atoms with Gasteiger partial charge in [0, 0.05) is 12.8 Å². The van der Waals surface area contributed by atoms with Gasteiger partial charge < -0.3 is 26.2 Å². The van der Waals surface area contributed by atoms with E-state index in [0.717, 1.165) is 44.9 Å². The molecule has 0 aliphatic rings. The van der Waals surface area contributed by atoms with E-state index in [1.807, 2.05) is 6.08 Å². The molecule has 0 bridgehead atoms. The molecule has 7 nitrogen and oxygen atoms in total. The highest BCUT2D eigenvalue weighted by Gasteiger charge is 2.44. The minimum Gasteiger partial charge on any atom is -0.480 e. The van der Waals surface area contributed by atoms with E-state index in [1.54, 1.807) is 6.08 Å². The Morgan fingerprint density at radius 1 is 0.931 bits per heavy atom. The number of aliphatic hydroxyl groups excluding tert-OH is 3. The van der Waals surface area contributed by atoms with Crippen molar-refractivity contribution in [3.05, 3.63) is 12.2 Å². The van der Waals surface area contributed by atoms with Gasteiger partial charge in [0.25, 0.3) is 0 Å². The molecule has 0 aromatic carbocycles. The molecule has 170 valence electrons. The number of unbranched alkanes of at least 4 members (excludes halogenated alkanes) is 8. The number of carboxylic acid groups (broad SMARTS) is 1. The van der Waals surface area contributed by atoms with Crippen LogP contribution in [-0.4, -0.2) is 56.5 Å². The standard InChI is InChI=1S/C22H41NO6/c1-2-3-4-8-11-14-18(25)15-12-9-6-5-7-10-13-16-19(26)20(27)22(23,17-24)21(28)29/h10,13,19-20,24,26-27H,2-9,11-12,14-17,23H2,1H3,(H,28,29)/b13-10+/t19-,20+,22+/m1/s1. The monoisotopic (exact) mass is 415 g/mol. The SMILES string of the molecule is CCCCCCCC(=O)CCCCCC/C=C/C[C@@H](O)[C@H](O)[C@@](N)(CO)C(=O)O. The van der Waals surface area contributed by atoms with Crippen molar-refractivity contribution in [1.82, 2.24) is 0 Å². The molecule has 0 amide bonds. The lowest BCUT2D eigenvalue weighted by molar-refractivity contribution is -0.155. The van der Waals surface area contributed by atoms with E-state index in [1.165, 1.54) is 19.3 Å². The fourth-order valence-electron chi connectivity index (χ4n) is 3.10. The Morgan fingerprint density at radius 2 is 1.48 bits per heavy atom. The van der Waals surface area contributed by atoms with Crippen LogP contribution in [0.3, 0.4) is 0 Å². The number of aliphatic hydroxyl groups is 3. The van der Waals surface area contributed by atoms with Crippen LogP contribution in [0.4, 0.5) is 0 Å². The molecule has 0 unspecified atom stereocenters. The molecule has 7 heteroatoms. The number of allylic oxidation sites excluding steroid dienone is 1. The summed E-state index contributed by atoms with van der Waals surface area (Å²) in [5, 5.41) is 37.8. The molecule has 0 aliphatic carbocycles. The van der Waals surface area contributed by atoms with Crippen molar-refractivity contribution in [3.8, 4) is 0 Å². The van der Waals surface area contributed by atoms with Gasteiger partial charge in [0.2, 0.25) is 0 Å². The Hall–Kier alpha value is -1.28. The number of aliphatic carboxylic acids is 1. The first-order valence-corrected chi connectivity index (χ1v) is 11.0. The summed E-state index contributed by atoms with van der Waals surface area (Å²) in [6.07, 6.45) is 12.4. The van der Waals surface area contributed by atoms with Gasteiger partial charge in [0.05, 0.1) is 12.7 Å². The number of carbonyl (C=O) groups is 2. The van der Waals surface area contributed by atoms with Gasteiger partial charge in [0.15, 0.2) is 5.54 Å². The fourth-order valence-corrected chi connectivity index (χ4v) is 3.10. The normalized spacial score (nSPS) is 15.9. The number of ketones is 1. The van der Waals surface area contributed by atoms with Crippen molar-refractivity contribution in [2.45, 2.75) is 108 Å². The second-order valence-electron chi connectivity index (χ2n) is 7.88. The van der Waals surface area contributed by atoms with Crippen LogP contribution in [0.25, 0.3) is 0 Å². The van der Waals surface area contributed by atoms with E-state index in [4.69, 9.17) is 15.9 Å². The summed E-state index contributed by atoms with van der Waals surface area (Å²) in [5.74, 6) is -1.19. The smallest absolute Gasteiger partial charge is 0.328 e. The van der Waals surface area contributed by atoms with Gasteiger partial charge in [-0.3, -0.25) is 9.59 Å². The first kappa shape index (κ1) is 27.7. The fraction of sp³-hybridized carbons (Fsp3) is 0.818. The number of carbonyl (C=O) groups excluding carboxylic acids is 1. The average molecular weight is 416 g/mol. The molecule has 0 aromatic rings. The summed E-state index contributed by atoms with van der Waals surface area (Å²) in [6, 6.07) is 0. The maximum Gasteiger partial charge on any atom is 0.328 e. The molecule has 0 saturated heterocycles. The Morgan fingerprint density at radius 3 is 2.00 bits per heavy atom. The zero-order valence-corrected chi connectivity index (χ0v) is 17.9. The van der Waals surface area contributed by atoms with Crippen LogP contribution in [0.1, 0.15) is 90.4 Å². The minimum absolute atomic E-state index is 0.0557. The third-order valence-electron chi connectivity index (χ3n) is 5.23. The molecular formula is C22H41NO6. The second-order valence-corrected chi connectivity index (χ2v) is 7.88. The summed E-state index contributed by atoms with van der Waals surface area (Å²) in [4.78, 5) is 22.8. The quantitative estimate of drug-likeness (QED) is 0.161. The Balaban J connectivity index is 3.77. The van der Waals surface area contributed by atoms with Crippen molar-refractivity contribution >= 4 is 11.8 Å². The van der Waals surface area contributed by atoms with Crippen LogP contribution in [0.15, 0.2) is 12.2 Å². The van der Waals surface area contributed by atoms with Crippen molar-refractivity contribution in [2.24, 2.45) is 5.73 Å². The average Bonchev–Trinajstić information content (AvgIpc) is 2.70. The first-order valence-electron chi connectivity index (χ1n) is 11.0. The highest BCUT2D eigenvalue weighted by Crippen LogP contribution is 2.15. The highest BCUT2D eigenvalue weighted by atomic mass is 16.4. The van der Waals surface area contributed by atoms with Crippen LogP contribution in [0, 0.1) is 0 Å². The molecule has 0 heterocycles. The third kappa shape index (κ3) is 12.1. The number of hydrogen-bond acceptors (Lipinski definition) is 6. The third-order valence-corrected chi connectivity index (χ3v) is 5.23. The topological polar surface area (TPSA) is 141 Å². The molecule has 0 fully saturated rings. The predicted molar refractivity (Wildman–Crippen MR) is 113 cm³/mol. The van der Waals surface area contributed by atoms with E-state index in [-0.39, 0.29) is 6.42 Å². The highest BCUT2D eigenvalue weighted by molar-refractivity contribution is 5.79. The lowest BCUT2D eigenvalue weighted by Gasteiger charge is -2.30. The molecule has 0 aliphatic heterocycles. The molecule has 29 heavy (non-hydrogen) atoms. The molecule has 6 N–H and O–H groups in total. The van der Waals surface area contributed by atoms with Gasteiger partial charge in [-0.15, -0.1) is 0 Å². The van der Waals surface area contributed by atoms with Crippen LogP contribution in [0.2, 0.25) is 0 Å². The lowest BCUT2D eigenvalue weighted by Crippen LogP contribution is -2.63. The number of nitrogens with two attached hydrogens (primary N) is 1. The molecule has 0 rings (SSSR count). The van der Waals surface area contributed by atoms with Crippen LogP contribution >= 0.6 is 0 Å². The van der Waals surface area contributed by atoms with Crippen molar-refractivity contribution in [2.75, 3.05) is 6.61 Å². The maximum atomic E-state index is 11.8. The molecule has 3 atom stereocenters. The van der Waals surface area contributed by atoms with Gasteiger partial charge in [-0.2, -0.15) is 0 Å². The summed E-state index contributed by atoms with van der Waals surface area (Å²) < 4.78 is 0. The van der Waals surface area contributed by atoms with E-state index in [2.05, 4.69) is 6.92 Å². The summed E-state index contributed by atoms with van der Waals surface area (Å²) in [5.41, 5.74) is 3.17. The van der Waals surface area contributed by atoms with Crippen LogP contribution in [0.5, 0.6) is 0 Å². The van der Waals surface area contributed by atoms with Crippen molar-refractivity contribution in [1.29, 1.82) is 0 Å². The van der Waals surface area contributed by atoms with Crippen molar-refractivity contribution < 1.29 is 30.0 Å². The van der Waals surface area contributed by atoms with Crippen LogP contribution < -0.4 is 5.73 Å². The van der Waals surface area contributed by atoms with Gasteiger partial charge in [-0.25, -0.2) is 0 Å². The van der Waals surface area contributed by atoms with Crippen molar-refractivity contribution in [3.63, 3.8) is 0 Å². The molecule has 0 spiro atoms. The van der Waals surface area contributed by atoms with Crippen LogP contribution in [-0.2, 0) is 9.59 Å². The molecule has 0 aromatic heterocycles. The van der Waals surface area contributed by atoms with Gasteiger partial charge >= 0.3 is 5.97 Å². The zero-order valence-electron chi connectivity index (χ0n) is 17.9. The van der Waals surface area contributed by atoms with E-state index < -0.39 is 30.3 Å². The first-order chi connectivity index (χ1) is 13.8. The molecular weight excluding hydrogens is 374 g/mol. The summed E-state index contributed by atoms with van der Waals surface area (Å²) in [7, 11) is 0. The Labute approximate surface area is 175 Å². The summed E-state index contributed by atoms with van der Waals surface area (Å²) >= 11 is 0. The minimum atomic E-state index is -2.28. The Kier molecular flexibility index (Phi) is 15.8. The van der Waals surface area contributed by atoms with E-state index >= 15 is 0 Å². The van der Waals surface area contributed by atoms with Gasteiger partial charge in [0.1, 0.15) is 11.9 Å². The summed E-state index contributed by atoms with van der Waals surface area (Å²) in [6.45, 7) is 1.21. The lowest BCUT2D eigenvalue weighted by atomic mass is 9.89. The van der Waals surface area contributed by atoms with Gasteiger partial charge in [-0.1, -0.05) is 57.6 Å². The van der Waals surface area contributed by atoms with E-state index in [0.29, 0.717) is 18.6 Å². The largest absolute Gasteiger partial charge is 0.480 e. The Bertz CT molecular complexity index is 482. The van der Waals surface area contributed by atoms with E-state index in [9.17, 15) is 19.8 Å². The number of Topliss-reactive ketones (excluding diaryl/α,β-unsaturated/α-hetero) is 1.